The molecule has 0 saturated heterocycles. The first kappa shape index (κ1) is 12.7. The summed E-state index contributed by atoms with van der Waals surface area (Å²) in [5.41, 5.74) is 4.41. The lowest BCUT2D eigenvalue weighted by Crippen LogP contribution is -2.67. The quantitative estimate of drug-likeness (QED) is 0.764. The predicted octanol–water partition coefficient (Wildman–Crippen LogP) is 2.00. The molecule has 2 aliphatic rings. The largest absolute Gasteiger partial charge is 0.465 e. The zero-order valence-electron chi connectivity index (χ0n) is 9.64. The number of esters is 1. The summed E-state index contributed by atoms with van der Waals surface area (Å²) in [6, 6.07) is 0. The molecule has 2 fully saturated rings. The zero-order chi connectivity index (χ0) is 12.9. The van der Waals surface area contributed by atoms with E-state index in [0.717, 1.165) is 0 Å². The molecular formula is C11H16F3NO2. The van der Waals surface area contributed by atoms with Gasteiger partial charge in [-0.2, -0.15) is 13.2 Å². The van der Waals surface area contributed by atoms with Crippen molar-refractivity contribution in [3.63, 3.8) is 0 Å². The van der Waals surface area contributed by atoms with Crippen LogP contribution in [-0.2, 0) is 9.53 Å². The van der Waals surface area contributed by atoms with E-state index in [1.807, 2.05) is 0 Å². The predicted molar refractivity (Wildman–Crippen MR) is 54.0 cm³/mol. The van der Waals surface area contributed by atoms with Crippen LogP contribution >= 0.6 is 0 Å². The van der Waals surface area contributed by atoms with Crippen molar-refractivity contribution in [2.75, 3.05) is 6.61 Å². The van der Waals surface area contributed by atoms with Gasteiger partial charge in [-0.1, -0.05) is 0 Å². The van der Waals surface area contributed by atoms with Gasteiger partial charge in [-0.05, 0) is 38.0 Å². The van der Waals surface area contributed by atoms with E-state index in [0.29, 0.717) is 12.8 Å². The van der Waals surface area contributed by atoms with Gasteiger partial charge in [-0.25, -0.2) is 0 Å². The van der Waals surface area contributed by atoms with Crippen molar-refractivity contribution in [2.24, 2.45) is 17.1 Å². The lowest BCUT2D eigenvalue weighted by molar-refractivity contribution is -0.243. The fourth-order valence-corrected chi connectivity index (χ4v) is 3.21. The molecule has 0 amide bonds. The van der Waals surface area contributed by atoms with E-state index < -0.39 is 23.6 Å². The van der Waals surface area contributed by atoms with Gasteiger partial charge >= 0.3 is 12.1 Å². The van der Waals surface area contributed by atoms with E-state index in [1.165, 1.54) is 0 Å². The molecule has 0 radical (unpaired) electrons. The van der Waals surface area contributed by atoms with Gasteiger partial charge in [0.25, 0.3) is 0 Å². The number of halogens is 3. The average Bonchev–Trinajstić information content (AvgIpc) is 2.07. The van der Waals surface area contributed by atoms with E-state index in [9.17, 15) is 18.0 Å². The third-order valence-corrected chi connectivity index (χ3v) is 3.88. The second kappa shape index (κ2) is 3.60. The van der Waals surface area contributed by atoms with Gasteiger partial charge < -0.3 is 10.5 Å². The molecule has 98 valence electrons. The van der Waals surface area contributed by atoms with Crippen LogP contribution in [0.2, 0.25) is 0 Å². The first-order valence-electron chi connectivity index (χ1n) is 5.74. The second-order valence-corrected chi connectivity index (χ2v) is 5.38. The highest BCUT2D eigenvalue weighted by Crippen LogP contribution is 2.65. The molecule has 0 aliphatic heterocycles. The number of carbonyl (C=O) groups excluding carboxylic acids is 1. The third-order valence-electron chi connectivity index (χ3n) is 3.88. The van der Waals surface area contributed by atoms with Crippen LogP contribution in [-0.4, -0.2) is 24.3 Å². The highest BCUT2D eigenvalue weighted by atomic mass is 19.4. The summed E-state index contributed by atoms with van der Waals surface area (Å²) >= 11 is 0. The van der Waals surface area contributed by atoms with Crippen molar-refractivity contribution < 1.29 is 22.7 Å². The number of nitrogens with two attached hydrogens (primary N) is 1. The molecule has 17 heavy (non-hydrogen) atoms. The SMILES string of the molecule is CCOC(=O)C1(N)CC2(CC(C(F)(F)F)C2)C1. The van der Waals surface area contributed by atoms with Gasteiger partial charge in [0.2, 0.25) is 0 Å². The summed E-state index contributed by atoms with van der Waals surface area (Å²) in [5.74, 6) is -1.70. The molecule has 2 saturated carbocycles. The standard InChI is InChI=1S/C11H16F3NO2/c1-2-17-8(16)10(15)5-9(6-10)3-7(4-9)11(12,13)14/h7H,2-6,15H2,1H3. The maximum absolute atomic E-state index is 12.4. The summed E-state index contributed by atoms with van der Waals surface area (Å²) < 4.78 is 41.9. The number of hydrogen-bond acceptors (Lipinski definition) is 3. The Balaban J connectivity index is 1.86. The lowest BCUT2D eigenvalue weighted by atomic mass is 9.45. The summed E-state index contributed by atoms with van der Waals surface area (Å²) in [6.45, 7) is 1.93. The van der Waals surface area contributed by atoms with Gasteiger partial charge in [-0.3, -0.25) is 4.79 Å². The number of hydrogen-bond donors (Lipinski definition) is 1. The molecule has 0 bridgehead atoms. The van der Waals surface area contributed by atoms with Crippen molar-refractivity contribution in [1.82, 2.24) is 0 Å². The van der Waals surface area contributed by atoms with Crippen LogP contribution in [0.15, 0.2) is 0 Å². The Morgan fingerprint density at radius 3 is 2.35 bits per heavy atom. The van der Waals surface area contributed by atoms with Gasteiger partial charge in [0.1, 0.15) is 5.54 Å². The molecule has 0 aromatic heterocycles. The van der Waals surface area contributed by atoms with E-state index in [4.69, 9.17) is 10.5 Å². The maximum Gasteiger partial charge on any atom is 0.391 e. The fourth-order valence-electron chi connectivity index (χ4n) is 3.21. The Bertz CT molecular complexity index is 326. The van der Waals surface area contributed by atoms with Gasteiger partial charge in [-0.15, -0.1) is 0 Å². The van der Waals surface area contributed by atoms with Gasteiger partial charge in [0.15, 0.2) is 0 Å². The highest BCUT2D eigenvalue weighted by molar-refractivity contribution is 5.82. The molecule has 0 aromatic carbocycles. The van der Waals surface area contributed by atoms with Crippen LogP contribution in [0.5, 0.6) is 0 Å². The molecule has 1 spiro atoms. The molecule has 2 aliphatic carbocycles. The maximum atomic E-state index is 12.4. The molecule has 0 unspecified atom stereocenters. The molecule has 3 nitrogen and oxygen atoms in total. The minimum absolute atomic E-state index is 0.106. The van der Waals surface area contributed by atoms with E-state index in [2.05, 4.69) is 0 Å². The van der Waals surface area contributed by atoms with Crippen LogP contribution in [0.25, 0.3) is 0 Å². The van der Waals surface area contributed by atoms with Crippen molar-refractivity contribution in [2.45, 2.75) is 44.3 Å². The number of ether oxygens (including phenoxy) is 1. The minimum Gasteiger partial charge on any atom is -0.465 e. The van der Waals surface area contributed by atoms with Crippen LogP contribution < -0.4 is 5.73 Å². The lowest BCUT2D eigenvalue weighted by Gasteiger charge is -2.60. The van der Waals surface area contributed by atoms with Crippen molar-refractivity contribution in [1.29, 1.82) is 0 Å². The molecule has 6 heteroatoms. The van der Waals surface area contributed by atoms with E-state index >= 15 is 0 Å². The van der Waals surface area contributed by atoms with Crippen LogP contribution in [0.4, 0.5) is 13.2 Å². The van der Waals surface area contributed by atoms with Crippen molar-refractivity contribution in [3.8, 4) is 0 Å². The second-order valence-electron chi connectivity index (χ2n) is 5.38. The zero-order valence-corrected chi connectivity index (χ0v) is 9.64. The Labute approximate surface area is 97.5 Å². The molecular weight excluding hydrogens is 235 g/mol. The summed E-state index contributed by atoms with van der Waals surface area (Å²) in [6.07, 6.45) is -3.25. The highest BCUT2D eigenvalue weighted by Gasteiger charge is 2.66. The Kier molecular flexibility index (Phi) is 2.69. The first-order chi connectivity index (χ1) is 7.71. The van der Waals surface area contributed by atoms with Crippen LogP contribution in [0.1, 0.15) is 32.6 Å². The summed E-state index contributed by atoms with van der Waals surface area (Å²) in [5, 5.41) is 0. The molecule has 0 aromatic rings. The monoisotopic (exact) mass is 251 g/mol. The Morgan fingerprint density at radius 1 is 1.41 bits per heavy atom. The average molecular weight is 251 g/mol. The molecule has 2 rings (SSSR count). The Morgan fingerprint density at radius 2 is 1.94 bits per heavy atom. The minimum atomic E-state index is -4.11. The van der Waals surface area contributed by atoms with Crippen molar-refractivity contribution >= 4 is 5.97 Å². The smallest absolute Gasteiger partial charge is 0.391 e. The van der Waals surface area contributed by atoms with Crippen LogP contribution in [0.3, 0.4) is 0 Å². The molecule has 2 N–H and O–H groups in total. The van der Waals surface area contributed by atoms with Gasteiger partial charge in [0.05, 0.1) is 12.5 Å². The van der Waals surface area contributed by atoms with Crippen molar-refractivity contribution in [3.05, 3.63) is 0 Å². The molecule has 0 atom stereocenters. The third kappa shape index (κ3) is 2.03. The van der Waals surface area contributed by atoms with E-state index in [-0.39, 0.29) is 24.9 Å². The first-order valence-corrected chi connectivity index (χ1v) is 5.74. The van der Waals surface area contributed by atoms with Gasteiger partial charge in [0, 0.05) is 0 Å². The van der Waals surface area contributed by atoms with E-state index in [1.54, 1.807) is 6.92 Å². The number of rotatable bonds is 2. The van der Waals surface area contributed by atoms with Crippen LogP contribution in [0, 0.1) is 11.3 Å². The normalized spacial score (nSPS) is 40.6. The number of carbonyl (C=O) groups is 1. The summed E-state index contributed by atoms with van der Waals surface area (Å²) in [4.78, 5) is 11.5. The summed E-state index contributed by atoms with van der Waals surface area (Å²) in [7, 11) is 0. The topological polar surface area (TPSA) is 52.3 Å². The number of alkyl halides is 3. The fraction of sp³-hybridized carbons (Fsp3) is 0.909. The molecule has 0 heterocycles. The Hall–Kier alpha value is -0.780.